The molecule has 0 aliphatic carbocycles. The summed E-state index contributed by atoms with van der Waals surface area (Å²) in [6.07, 6.45) is -3.05. The minimum atomic E-state index is -4.78. The van der Waals surface area contributed by atoms with Gasteiger partial charge in [0.05, 0.1) is 16.0 Å². The zero-order chi connectivity index (χ0) is 22.4. The first-order valence-electron chi connectivity index (χ1n) is 9.60. The number of amides is 1. The van der Waals surface area contributed by atoms with Crippen LogP contribution < -0.4 is 0 Å². The Hall–Kier alpha value is -2.85. The zero-order valence-corrected chi connectivity index (χ0v) is 17.4. The molecule has 1 saturated heterocycles. The third-order valence-electron chi connectivity index (χ3n) is 5.46. The first-order chi connectivity index (χ1) is 14.6. The molecule has 3 aromatic rings. The van der Waals surface area contributed by atoms with Gasteiger partial charge in [-0.05, 0) is 18.2 Å². The average molecular weight is 451 g/mol. The molecule has 164 valence electrons. The Bertz CT molecular complexity index is 1240. The minimum absolute atomic E-state index is 0.0783. The number of fused-ring (bicyclic) bond motifs is 1. The van der Waals surface area contributed by atoms with Crippen LogP contribution in [-0.2, 0) is 23.2 Å². The first-order valence-corrected chi connectivity index (χ1v) is 11.0. The summed E-state index contributed by atoms with van der Waals surface area (Å²) in [6, 6.07) is 11.6. The van der Waals surface area contributed by atoms with Crippen molar-refractivity contribution >= 4 is 26.8 Å². The standard InChI is InChI=1S/C21H20F3N3O3S/c1-25-14-16(15-6-2-4-8-18(15)25)20(28)26-10-12-27(13-11-26)31(29,30)19-9-5-3-7-17(19)21(22,23)24/h2-9,14H,10-13H2,1H3. The molecule has 0 radical (unpaired) electrons. The number of nitrogens with zero attached hydrogens (tertiary/aromatic N) is 3. The van der Waals surface area contributed by atoms with Gasteiger partial charge in [-0.2, -0.15) is 17.5 Å². The van der Waals surface area contributed by atoms with E-state index in [-0.39, 0.29) is 32.1 Å². The molecule has 0 unspecified atom stereocenters. The number of aryl methyl sites for hydroxylation is 1. The molecule has 1 aliphatic rings. The van der Waals surface area contributed by atoms with Gasteiger partial charge in [-0.1, -0.05) is 30.3 Å². The summed E-state index contributed by atoms with van der Waals surface area (Å²) in [5.41, 5.74) is 0.219. The van der Waals surface area contributed by atoms with Crippen molar-refractivity contribution in [2.24, 2.45) is 7.05 Å². The van der Waals surface area contributed by atoms with Gasteiger partial charge in [0, 0.05) is 50.3 Å². The predicted molar refractivity (Wildman–Crippen MR) is 109 cm³/mol. The van der Waals surface area contributed by atoms with E-state index in [1.54, 1.807) is 6.20 Å². The number of alkyl halides is 3. The zero-order valence-electron chi connectivity index (χ0n) is 16.6. The normalized spacial score (nSPS) is 16.1. The molecule has 2 heterocycles. The third-order valence-corrected chi connectivity index (χ3v) is 7.42. The van der Waals surface area contributed by atoms with Gasteiger partial charge in [0.2, 0.25) is 10.0 Å². The summed E-state index contributed by atoms with van der Waals surface area (Å²) in [5.74, 6) is -0.232. The van der Waals surface area contributed by atoms with Crippen LogP contribution in [0.5, 0.6) is 0 Å². The number of carbonyl (C=O) groups is 1. The Morgan fingerprint density at radius 1 is 0.935 bits per heavy atom. The fourth-order valence-electron chi connectivity index (χ4n) is 3.88. The van der Waals surface area contributed by atoms with E-state index in [4.69, 9.17) is 0 Å². The minimum Gasteiger partial charge on any atom is -0.350 e. The lowest BCUT2D eigenvalue weighted by molar-refractivity contribution is -0.139. The number of aromatic nitrogens is 1. The first kappa shape index (κ1) is 21.4. The van der Waals surface area contributed by atoms with Gasteiger partial charge in [0.15, 0.2) is 0 Å². The van der Waals surface area contributed by atoms with Crippen molar-refractivity contribution in [3.63, 3.8) is 0 Å². The number of benzene rings is 2. The van der Waals surface area contributed by atoms with E-state index in [9.17, 15) is 26.4 Å². The Balaban J connectivity index is 1.54. The highest BCUT2D eigenvalue weighted by Gasteiger charge is 2.40. The van der Waals surface area contributed by atoms with Gasteiger partial charge >= 0.3 is 6.18 Å². The number of carbonyl (C=O) groups excluding carboxylic acids is 1. The van der Waals surface area contributed by atoms with Crippen molar-refractivity contribution in [3.05, 3.63) is 65.9 Å². The Morgan fingerprint density at radius 2 is 1.55 bits per heavy atom. The topological polar surface area (TPSA) is 62.6 Å². The molecule has 6 nitrogen and oxygen atoms in total. The van der Waals surface area contributed by atoms with Crippen LogP contribution >= 0.6 is 0 Å². The second-order valence-corrected chi connectivity index (χ2v) is 9.27. The maximum atomic E-state index is 13.3. The fourth-order valence-corrected chi connectivity index (χ4v) is 5.51. The van der Waals surface area contributed by atoms with Crippen molar-refractivity contribution in [1.29, 1.82) is 0 Å². The van der Waals surface area contributed by atoms with Gasteiger partial charge in [0.1, 0.15) is 0 Å². The summed E-state index contributed by atoms with van der Waals surface area (Å²) < 4.78 is 68.5. The van der Waals surface area contributed by atoms with Crippen molar-refractivity contribution in [2.75, 3.05) is 26.2 Å². The molecule has 0 atom stereocenters. The summed E-state index contributed by atoms with van der Waals surface area (Å²) in [4.78, 5) is 13.8. The van der Waals surface area contributed by atoms with E-state index in [1.165, 1.54) is 11.0 Å². The van der Waals surface area contributed by atoms with Gasteiger partial charge < -0.3 is 9.47 Å². The SMILES string of the molecule is Cn1cc(C(=O)N2CCN(S(=O)(=O)c3ccccc3C(F)(F)F)CC2)c2ccccc21. The van der Waals surface area contributed by atoms with Gasteiger partial charge in [-0.15, -0.1) is 0 Å². The van der Waals surface area contributed by atoms with E-state index < -0.39 is 26.7 Å². The van der Waals surface area contributed by atoms with Gasteiger partial charge in [0.25, 0.3) is 5.91 Å². The second-order valence-electron chi connectivity index (χ2n) is 7.36. The summed E-state index contributed by atoms with van der Waals surface area (Å²) >= 11 is 0. The van der Waals surface area contributed by atoms with Crippen LogP contribution in [0, 0.1) is 0 Å². The molecule has 0 bridgehead atoms. The number of sulfonamides is 1. The molecular formula is C21H20F3N3O3S. The van der Waals surface area contributed by atoms with E-state index >= 15 is 0 Å². The molecule has 1 amide bonds. The smallest absolute Gasteiger partial charge is 0.350 e. The molecule has 0 N–H and O–H groups in total. The lowest BCUT2D eigenvalue weighted by Gasteiger charge is -2.34. The number of halogens is 3. The molecule has 4 rings (SSSR count). The Labute approximate surface area is 177 Å². The van der Waals surface area contributed by atoms with E-state index in [2.05, 4.69) is 0 Å². The molecule has 1 fully saturated rings. The van der Waals surface area contributed by atoms with Crippen molar-refractivity contribution in [3.8, 4) is 0 Å². The van der Waals surface area contributed by atoms with Gasteiger partial charge in [-0.3, -0.25) is 4.79 Å². The fraction of sp³-hybridized carbons (Fsp3) is 0.286. The number of para-hydroxylation sites is 1. The van der Waals surface area contributed by atoms with Crippen molar-refractivity contribution < 1.29 is 26.4 Å². The van der Waals surface area contributed by atoms with Crippen LogP contribution in [0.25, 0.3) is 10.9 Å². The van der Waals surface area contributed by atoms with Crippen LogP contribution in [0.2, 0.25) is 0 Å². The molecule has 10 heteroatoms. The highest BCUT2D eigenvalue weighted by atomic mass is 32.2. The Morgan fingerprint density at radius 3 is 2.23 bits per heavy atom. The lowest BCUT2D eigenvalue weighted by Crippen LogP contribution is -2.50. The van der Waals surface area contributed by atoms with E-state index in [0.29, 0.717) is 5.56 Å². The number of piperazine rings is 1. The monoisotopic (exact) mass is 451 g/mol. The maximum Gasteiger partial charge on any atom is 0.417 e. The molecule has 2 aromatic carbocycles. The molecule has 1 aliphatic heterocycles. The molecule has 31 heavy (non-hydrogen) atoms. The quantitative estimate of drug-likeness (QED) is 0.614. The van der Waals surface area contributed by atoms with Crippen molar-refractivity contribution in [1.82, 2.24) is 13.8 Å². The summed E-state index contributed by atoms with van der Waals surface area (Å²) in [7, 11) is -2.51. The second kappa shape index (κ2) is 7.69. The molecule has 0 spiro atoms. The van der Waals surface area contributed by atoms with Crippen LogP contribution in [0.1, 0.15) is 15.9 Å². The third kappa shape index (κ3) is 3.81. The highest BCUT2D eigenvalue weighted by Crippen LogP contribution is 2.35. The van der Waals surface area contributed by atoms with E-state index in [1.807, 2.05) is 35.9 Å². The number of rotatable bonds is 3. The lowest BCUT2D eigenvalue weighted by atomic mass is 10.1. The number of hydrogen-bond acceptors (Lipinski definition) is 3. The largest absolute Gasteiger partial charge is 0.417 e. The van der Waals surface area contributed by atoms with Crippen molar-refractivity contribution in [2.45, 2.75) is 11.1 Å². The van der Waals surface area contributed by atoms with Gasteiger partial charge in [-0.25, -0.2) is 8.42 Å². The van der Waals surface area contributed by atoms with Crippen LogP contribution in [0.15, 0.2) is 59.6 Å². The Kier molecular flexibility index (Phi) is 5.30. The van der Waals surface area contributed by atoms with Crippen LogP contribution in [-0.4, -0.2) is 54.3 Å². The summed E-state index contributed by atoms with van der Waals surface area (Å²) in [6.45, 7) is 0.0288. The predicted octanol–water partition coefficient (Wildman–Crippen LogP) is 3.34. The molecular weight excluding hydrogens is 431 g/mol. The number of hydrogen-bond donors (Lipinski definition) is 0. The molecule has 1 aromatic heterocycles. The van der Waals surface area contributed by atoms with Crippen LogP contribution in [0.4, 0.5) is 13.2 Å². The summed E-state index contributed by atoms with van der Waals surface area (Å²) in [5, 5.41) is 0.796. The average Bonchev–Trinajstić information content (AvgIpc) is 3.09. The maximum absolute atomic E-state index is 13.3. The van der Waals surface area contributed by atoms with E-state index in [0.717, 1.165) is 33.4 Å². The highest BCUT2D eigenvalue weighted by molar-refractivity contribution is 7.89. The van der Waals surface area contributed by atoms with Crippen LogP contribution in [0.3, 0.4) is 0 Å². The molecule has 0 saturated carbocycles.